The minimum atomic E-state index is -2.61. The van der Waals surface area contributed by atoms with Crippen LogP contribution in [-0.2, 0) is 13.0 Å². The van der Waals surface area contributed by atoms with Crippen LogP contribution >= 0.6 is 11.3 Å². The normalized spacial score (nSPS) is 18.5. The fourth-order valence-corrected chi connectivity index (χ4v) is 4.99. The SMILES string of the molecule is O=C1c2c(N3CCC(F)(F)CC3)ccnc2CN1CCc1nc2ccccc2s1. The average molecular weight is 414 g/mol. The van der Waals surface area contributed by atoms with Crippen LogP contribution in [0.3, 0.4) is 0 Å². The molecular weight excluding hydrogens is 394 g/mol. The standard InChI is InChI=1S/C21H20F2N4OS/c22-21(23)7-11-26(12-8-21)16-5-9-24-15-13-27(20(28)19(15)16)10-6-18-25-14-3-1-2-4-17(14)29-18/h1-5,9H,6-8,10-13H2. The number of carbonyl (C=O) groups excluding carboxylic acids is 1. The molecule has 4 heterocycles. The molecule has 1 amide bonds. The van der Waals surface area contributed by atoms with Crippen LogP contribution in [0.2, 0.25) is 0 Å². The fraction of sp³-hybridized carbons (Fsp3) is 0.381. The van der Waals surface area contributed by atoms with Gasteiger partial charge in [-0.3, -0.25) is 9.78 Å². The summed E-state index contributed by atoms with van der Waals surface area (Å²) in [6.45, 7) is 1.52. The first-order valence-electron chi connectivity index (χ1n) is 9.75. The summed E-state index contributed by atoms with van der Waals surface area (Å²) in [7, 11) is 0. The third-order valence-corrected chi connectivity index (χ3v) is 6.71. The zero-order chi connectivity index (χ0) is 20.0. The molecular formula is C21H20F2N4OS. The van der Waals surface area contributed by atoms with Crippen molar-refractivity contribution in [2.45, 2.75) is 31.7 Å². The molecule has 0 bridgehead atoms. The van der Waals surface area contributed by atoms with E-state index >= 15 is 0 Å². The smallest absolute Gasteiger partial charge is 0.258 e. The highest BCUT2D eigenvalue weighted by Crippen LogP contribution is 2.35. The lowest BCUT2D eigenvalue weighted by Crippen LogP contribution is -2.40. The number of para-hydroxylation sites is 1. The Balaban J connectivity index is 1.32. The fourth-order valence-electron chi connectivity index (χ4n) is 4.03. The molecule has 0 radical (unpaired) electrons. The van der Waals surface area contributed by atoms with Crippen molar-refractivity contribution in [2.75, 3.05) is 24.5 Å². The molecule has 3 aromatic rings. The first kappa shape index (κ1) is 18.4. The lowest BCUT2D eigenvalue weighted by Gasteiger charge is -2.34. The van der Waals surface area contributed by atoms with E-state index in [2.05, 4.69) is 9.97 Å². The zero-order valence-electron chi connectivity index (χ0n) is 15.8. The number of carbonyl (C=O) groups is 1. The van der Waals surface area contributed by atoms with Crippen molar-refractivity contribution in [3.05, 3.63) is 52.8 Å². The van der Waals surface area contributed by atoms with Gasteiger partial charge in [-0.05, 0) is 18.2 Å². The number of aromatic nitrogens is 2. The van der Waals surface area contributed by atoms with Gasteiger partial charge in [-0.25, -0.2) is 13.8 Å². The molecule has 0 unspecified atom stereocenters. The number of hydrogen-bond donors (Lipinski definition) is 0. The van der Waals surface area contributed by atoms with Crippen molar-refractivity contribution in [3.63, 3.8) is 0 Å². The Morgan fingerprint density at radius 2 is 1.93 bits per heavy atom. The number of hydrogen-bond acceptors (Lipinski definition) is 5. The van der Waals surface area contributed by atoms with E-state index in [0.717, 1.165) is 26.6 Å². The molecule has 0 N–H and O–H groups in total. The van der Waals surface area contributed by atoms with Gasteiger partial charge >= 0.3 is 0 Å². The molecule has 2 aromatic heterocycles. The molecule has 1 saturated heterocycles. The molecule has 0 saturated carbocycles. The topological polar surface area (TPSA) is 49.3 Å². The lowest BCUT2D eigenvalue weighted by molar-refractivity contribution is -0.0220. The van der Waals surface area contributed by atoms with Gasteiger partial charge in [0.1, 0.15) is 0 Å². The Morgan fingerprint density at radius 3 is 2.72 bits per heavy atom. The quantitative estimate of drug-likeness (QED) is 0.644. The number of fused-ring (bicyclic) bond motifs is 2. The van der Waals surface area contributed by atoms with Crippen LogP contribution in [0, 0.1) is 0 Å². The van der Waals surface area contributed by atoms with Gasteiger partial charge in [0.25, 0.3) is 11.8 Å². The van der Waals surface area contributed by atoms with Crippen molar-refractivity contribution < 1.29 is 13.6 Å². The maximum absolute atomic E-state index is 13.5. The first-order chi connectivity index (χ1) is 14.0. The maximum atomic E-state index is 13.5. The Morgan fingerprint density at radius 1 is 1.14 bits per heavy atom. The second-order valence-electron chi connectivity index (χ2n) is 7.55. The number of pyridine rings is 1. The van der Waals surface area contributed by atoms with Crippen LogP contribution in [0.15, 0.2) is 36.5 Å². The molecule has 0 aliphatic carbocycles. The van der Waals surface area contributed by atoms with Crippen LogP contribution in [0.5, 0.6) is 0 Å². The van der Waals surface area contributed by atoms with Gasteiger partial charge in [-0.2, -0.15) is 0 Å². The maximum Gasteiger partial charge on any atom is 0.258 e. The predicted octanol–water partition coefficient (Wildman–Crippen LogP) is 4.13. The highest BCUT2D eigenvalue weighted by molar-refractivity contribution is 7.18. The van der Waals surface area contributed by atoms with E-state index in [1.54, 1.807) is 28.5 Å². The zero-order valence-corrected chi connectivity index (χ0v) is 16.6. The summed E-state index contributed by atoms with van der Waals surface area (Å²) >= 11 is 1.65. The Hall–Kier alpha value is -2.61. The molecule has 5 nitrogen and oxygen atoms in total. The van der Waals surface area contributed by atoms with Gasteiger partial charge in [0.2, 0.25) is 0 Å². The predicted molar refractivity (Wildman–Crippen MR) is 109 cm³/mol. The molecule has 1 fully saturated rings. The largest absolute Gasteiger partial charge is 0.370 e. The number of thiazole rings is 1. The molecule has 8 heteroatoms. The van der Waals surface area contributed by atoms with Crippen LogP contribution in [0.4, 0.5) is 14.5 Å². The number of alkyl halides is 2. The number of anilines is 1. The van der Waals surface area contributed by atoms with Gasteiger partial charge in [0.15, 0.2) is 0 Å². The van der Waals surface area contributed by atoms with E-state index in [9.17, 15) is 13.6 Å². The van der Waals surface area contributed by atoms with Crippen molar-refractivity contribution >= 4 is 33.1 Å². The molecule has 5 rings (SSSR count). The van der Waals surface area contributed by atoms with Crippen LogP contribution in [0.1, 0.15) is 33.9 Å². The number of halogens is 2. The lowest BCUT2D eigenvalue weighted by atomic mass is 10.0. The van der Waals surface area contributed by atoms with Gasteiger partial charge in [0.05, 0.1) is 38.7 Å². The number of nitrogens with zero attached hydrogens (tertiary/aromatic N) is 4. The second-order valence-corrected chi connectivity index (χ2v) is 8.66. The Labute approximate surface area is 171 Å². The molecule has 150 valence electrons. The summed E-state index contributed by atoms with van der Waals surface area (Å²) in [6.07, 6.45) is 1.99. The molecule has 1 aromatic carbocycles. The molecule has 2 aliphatic rings. The summed E-state index contributed by atoms with van der Waals surface area (Å²) in [6, 6.07) is 9.78. The summed E-state index contributed by atoms with van der Waals surface area (Å²) in [4.78, 5) is 25.8. The summed E-state index contributed by atoms with van der Waals surface area (Å²) < 4.78 is 28.2. The number of benzene rings is 1. The van der Waals surface area contributed by atoms with E-state index in [-0.39, 0.29) is 31.8 Å². The van der Waals surface area contributed by atoms with Crippen molar-refractivity contribution in [3.8, 4) is 0 Å². The van der Waals surface area contributed by atoms with E-state index in [1.165, 1.54) is 0 Å². The molecule has 0 atom stereocenters. The monoisotopic (exact) mass is 414 g/mol. The highest BCUT2D eigenvalue weighted by Gasteiger charge is 2.37. The average Bonchev–Trinajstić information content (AvgIpc) is 3.27. The van der Waals surface area contributed by atoms with Gasteiger partial charge in [0, 0.05) is 45.1 Å². The number of piperidine rings is 1. The van der Waals surface area contributed by atoms with Crippen molar-refractivity contribution in [1.82, 2.24) is 14.9 Å². The minimum absolute atomic E-state index is 0.0680. The summed E-state index contributed by atoms with van der Waals surface area (Å²) in [5.41, 5.74) is 3.02. The molecule has 0 spiro atoms. The number of rotatable bonds is 4. The summed E-state index contributed by atoms with van der Waals surface area (Å²) in [5, 5.41) is 1.00. The summed E-state index contributed by atoms with van der Waals surface area (Å²) in [5.74, 6) is -2.68. The van der Waals surface area contributed by atoms with Gasteiger partial charge in [-0.1, -0.05) is 12.1 Å². The third-order valence-electron chi connectivity index (χ3n) is 5.62. The van der Waals surface area contributed by atoms with E-state index in [1.807, 2.05) is 29.2 Å². The minimum Gasteiger partial charge on any atom is -0.370 e. The second kappa shape index (κ2) is 7.02. The molecule has 2 aliphatic heterocycles. The van der Waals surface area contributed by atoms with Gasteiger partial charge < -0.3 is 9.80 Å². The van der Waals surface area contributed by atoms with Crippen molar-refractivity contribution in [2.24, 2.45) is 0 Å². The van der Waals surface area contributed by atoms with Crippen LogP contribution < -0.4 is 4.90 Å². The Kier molecular flexibility index (Phi) is 4.46. The van der Waals surface area contributed by atoms with E-state index in [0.29, 0.717) is 25.1 Å². The van der Waals surface area contributed by atoms with Crippen LogP contribution in [-0.4, -0.2) is 46.3 Å². The molecule has 29 heavy (non-hydrogen) atoms. The van der Waals surface area contributed by atoms with E-state index < -0.39 is 5.92 Å². The first-order valence-corrected chi connectivity index (χ1v) is 10.6. The Bertz CT molecular complexity index is 1040. The van der Waals surface area contributed by atoms with Crippen LogP contribution in [0.25, 0.3) is 10.2 Å². The number of amides is 1. The third kappa shape index (κ3) is 3.46. The van der Waals surface area contributed by atoms with Gasteiger partial charge in [-0.15, -0.1) is 11.3 Å². The van der Waals surface area contributed by atoms with Crippen molar-refractivity contribution in [1.29, 1.82) is 0 Å². The van der Waals surface area contributed by atoms with E-state index in [4.69, 9.17) is 0 Å². The highest BCUT2D eigenvalue weighted by atomic mass is 32.1.